The molecule has 0 heterocycles. The molecule has 3 N–H and O–H groups in total. The maximum absolute atomic E-state index is 11.5. The largest absolute Gasteiger partial charge is 0.493 e. The minimum absolute atomic E-state index is 0. The van der Waals surface area contributed by atoms with E-state index in [9.17, 15) is 8.42 Å². The number of nitrogens with one attached hydrogen (secondary N) is 3. The molecule has 0 unspecified atom stereocenters. The molecule has 9 nitrogen and oxygen atoms in total. The molecule has 0 aromatic heterocycles. The first kappa shape index (κ1) is 26.5. The van der Waals surface area contributed by atoms with Crippen molar-refractivity contribution in [3.63, 3.8) is 0 Å². The van der Waals surface area contributed by atoms with Crippen LogP contribution >= 0.6 is 24.0 Å². The molecule has 162 valence electrons. The molecule has 0 radical (unpaired) electrons. The van der Waals surface area contributed by atoms with Gasteiger partial charge in [0.05, 0.1) is 34.1 Å². The number of aliphatic imine (C=N–C) groups is 1. The molecule has 1 aromatic carbocycles. The molecule has 0 saturated heterocycles. The van der Waals surface area contributed by atoms with E-state index in [0.29, 0.717) is 35.4 Å². The van der Waals surface area contributed by atoms with Crippen LogP contribution < -0.4 is 29.6 Å². The van der Waals surface area contributed by atoms with E-state index in [4.69, 9.17) is 14.2 Å². The van der Waals surface area contributed by atoms with Crippen LogP contribution in [0.1, 0.15) is 20.8 Å². The van der Waals surface area contributed by atoms with E-state index in [1.165, 1.54) is 7.11 Å². The number of nitrogens with zero attached hydrogens (tertiary/aromatic N) is 1. The van der Waals surface area contributed by atoms with Crippen LogP contribution in [0.3, 0.4) is 0 Å². The van der Waals surface area contributed by atoms with E-state index >= 15 is 0 Å². The number of ether oxygens (including phenoxy) is 3. The van der Waals surface area contributed by atoms with E-state index < -0.39 is 15.6 Å². The second kappa shape index (κ2) is 11.5. The predicted octanol–water partition coefficient (Wildman–Crippen LogP) is 2.04. The topological polar surface area (TPSA) is 110 Å². The fraction of sp³-hybridized carbons (Fsp3) is 0.588. The highest BCUT2D eigenvalue weighted by atomic mass is 127. The maximum Gasteiger partial charge on any atom is 0.209 e. The average Bonchev–Trinajstić information content (AvgIpc) is 2.56. The summed E-state index contributed by atoms with van der Waals surface area (Å²) >= 11 is 0. The number of benzene rings is 1. The molecule has 0 aliphatic rings. The van der Waals surface area contributed by atoms with Crippen molar-refractivity contribution in [1.82, 2.24) is 10.0 Å². The van der Waals surface area contributed by atoms with Crippen LogP contribution in [0.2, 0.25) is 0 Å². The second-order valence-corrected chi connectivity index (χ2v) is 8.24. The Morgan fingerprint density at radius 1 is 1.11 bits per heavy atom. The van der Waals surface area contributed by atoms with Crippen molar-refractivity contribution in [3.05, 3.63) is 12.1 Å². The van der Waals surface area contributed by atoms with Gasteiger partial charge in [-0.15, -0.1) is 24.0 Å². The summed E-state index contributed by atoms with van der Waals surface area (Å²) in [6.45, 7) is 6.34. The summed E-state index contributed by atoms with van der Waals surface area (Å²) in [5, 5.41) is 6.28. The Labute approximate surface area is 184 Å². The minimum Gasteiger partial charge on any atom is -0.493 e. The average molecular weight is 530 g/mol. The van der Waals surface area contributed by atoms with Crippen molar-refractivity contribution in [2.24, 2.45) is 4.99 Å². The second-order valence-electron chi connectivity index (χ2n) is 6.49. The Morgan fingerprint density at radius 2 is 1.64 bits per heavy atom. The molecule has 1 rings (SSSR count). The highest BCUT2D eigenvalue weighted by Gasteiger charge is 2.22. The van der Waals surface area contributed by atoms with E-state index in [0.717, 1.165) is 6.26 Å². The van der Waals surface area contributed by atoms with Crippen molar-refractivity contribution in [2.45, 2.75) is 26.3 Å². The van der Waals surface area contributed by atoms with Gasteiger partial charge in [0, 0.05) is 29.9 Å². The van der Waals surface area contributed by atoms with Gasteiger partial charge in [-0.1, -0.05) is 0 Å². The zero-order valence-corrected chi connectivity index (χ0v) is 20.5. The third-order valence-electron chi connectivity index (χ3n) is 3.37. The number of hydrogen-bond donors (Lipinski definition) is 3. The van der Waals surface area contributed by atoms with Gasteiger partial charge in [-0.3, -0.25) is 4.99 Å². The van der Waals surface area contributed by atoms with Crippen LogP contribution in [0.15, 0.2) is 17.1 Å². The van der Waals surface area contributed by atoms with E-state index in [1.54, 1.807) is 40.2 Å². The quantitative estimate of drug-likeness (QED) is 0.255. The standard InChI is InChI=1S/C17H30N4O5S.HI/c1-8-18-16(19-11-17(2,3)21-27(7,22)23)20-12-9-13(24-4)15(26-6)14(10-12)25-5;/h9-10,21H,8,11H2,1-7H3,(H2,18,19,20);1H. The van der Waals surface area contributed by atoms with E-state index in [1.807, 2.05) is 6.92 Å². The van der Waals surface area contributed by atoms with Gasteiger partial charge in [0.25, 0.3) is 0 Å². The molecular weight excluding hydrogens is 499 g/mol. The van der Waals surface area contributed by atoms with Gasteiger partial charge in [0.15, 0.2) is 17.5 Å². The lowest BCUT2D eigenvalue weighted by atomic mass is 10.1. The zero-order chi connectivity index (χ0) is 20.7. The van der Waals surface area contributed by atoms with Crippen LogP contribution in [0.25, 0.3) is 0 Å². The molecule has 11 heteroatoms. The van der Waals surface area contributed by atoms with Gasteiger partial charge in [-0.05, 0) is 20.8 Å². The van der Waals surface area contributed by atoms with Crippen LogP contribution in [0.5, 0.6) is 17.2 Å². The van der Waals surface area contributed by atoms with Gasteiger partial charge in [0.1, 0.15) is 0 Å². The first-order valence-electron chi connectivity index (χ1n) is 8.39. The molecule has 0 atom stereocenters. The lowest BCUT2D eigenvalue weighted by molar-refractivity contribution is 0.324. The van der Waals surface area contributed by atoms with Crippen molar-refractivity contribution in [3.8, 4) is 17.2 Å². The Hall–Kier alpha value is -1.47. The molecule has 0 saturated carbocycles. The first-order chi connectivity index (χ1) is 12.5. The Morgan fingerprint density at radius 3 is 2.04 bits per heavy atom. The SMILES string of the molecule is CCNC(=NCC(C)(C)NS(C)(=O)=O)Nc1cc(OC)c(OC)c(OC)c1.I. The number of halogens is 1. The maximum atomic E-state index is 11.5. The molecule has 0 fully saturated rings. The van der Waals surface area contributed by atoms with Crippen molar-refractivity contribution in [2.75, 3.05) is 46.0 Å². The predicted molar refractivity (Wildman–Crippen MR) is 123 cm³/mol. The highest BCUT2D eigenvalue weighted by Crippen LogP contribution is 2.39. The lowest BCUT2D eigenvalue weighted by Gasteiger charge is -2.23. The van der Waals surface area contributed by atoms with Gasteiger partial charge in [-0.25, -0.2) is 13.1 Å². The zero-order valence-electron chi connectivity index (χ0n) is 17.4. The van der Waals surface area contributed by atoms with Crippen LogP contribution in [-0.2, 0) is 10.0 Å². The summed E-state index contributed by atoms with van der Waals surface area (Å²) in [5.74, 6) is 2.00. The van der Waals surface area contributed by atoms with E-state index in [-0.39, 0.29) is 30.5 Å². The van der Waals surface area contributed by atoms with Crippen molar-refractivity contribution in [1.29, 1.82) is 0 Å². The van der Waals surface area contributed by atoms with Crippen LogP contribution in [0, 0.1) is 0 Å². The third kappa shape index (κ3) is 8.69. The highest BCUT2D eigenvalue weighted by molar-refractivity contribution is 14.0. The summed E-state index contributed by atoms with van der Waals surface area (Å²) in [7, 11) is 1.29. The molecule has 28 heavy (non-hydrogen) atoms. The number of guanidine groups is 1. The van der Waals surface area contributed by atoms with Gasteiger partial charge in [-0.2, -0.15) is 0 Å². The first-order valence-corrected chi connectivity index (χ1v) is 10.3. The Bertz CT molecular complexity index is 744. The molecule has 0 spiro atoms. The number of hydrogen-bond acceptors (Lipinski definition) is 6. The third-order valence-corrected chi connectivity index (χ3v) is 4.29. The van der Waals surface area contributed by atoms with Crippen molar-refractivity contribution >= 4 is 45.6 Å². The fourth-order valence-corrected chi connectivity index (χ4v) is 3.48. The van der Waals surface area contributed by atoms with Gasteiger partial charge < -0.3 is 24.8 Å². The number of rotatable bonds is 9. The number of methoxy groups -OCH3 is 3. The molecule has 0 aliphatic carbocycles. The van der Waals surface area contributed by atoms with Gasteiger partial charge >= 0.3 is 0 Å². The Balaban J connectivity index is 0.00000729. The smallest absolute Gasteiger partial charge is 0.209 e. The van der Waals surface area contributed by atoms with Crippen LogP contribution in [-0.4, -0.2) is 60.6 Å². The molecule has 0 aliphatic heterocycles. The van der Waals surface area contributed by atoms with E-state index in [2.05, 4.69) is 20.3 Å². The summed E-state index contributed by atoms with van der Waals surface area (Å²) < 4.78 is 41.5. The summed E-state index contributed by atoms with van der Waals surface area (Å²) in [5.41, 5.74) is -0.0522. The van der Waals surface area contributed by atoms with Gasteiger partial charge in [0.2, 0.25) is 15.8 Å². The monoisotopic (exact) mass is 530 g/mol. The molecule has 0 amide bonds. The van der Waals surface area contributed by atoms with Crippen molar-refractivity contribution < 1.29 is 22.6 Å². The molecule has 0 bridgehead atoms. The lowest BCUT2D eigenvalue weighted by Crippen LogP contribution is -2.46. The summed E-state index contributed by atoms with van der Waals surface area (Å²) in [6.07, 6.45) is 1.12. The fourth-order valence-electron chi connectivity index (χ4n) is 2.41. The molecular formula is C17H31IN4O5S. The summed E-state index contributed by atoms with van der Waals surface area (Å²) in [4.78, 5) is 4.47. The van der Waals surface area contributed by atoms with Crippen LogP contribution in [0.4, 0.5) is 5.69 Å². The summed E-state index contributed by atoms with van der Waals surface area (Å²) in [6, 6.07) is 3.52. The Kier molecular flexibility index (Phi) is 10.9. The molecule has 1 aromatic rings. The number of anilines is 1. The normalized spacial score (nSPS) is 12.0. The number of sulfonamides is 1. The minimum atomic E-state index is -3.33.